The van der Waals surface area contributed by atoms with Gasteiger partial charge in [-0.15, -0.1) is 0 Å². The number of aromatic nitrogens is 2. The summed E-state index contributed by atoms with van der Waals surface area (Å²) in [4.78, 5) is 18.9. The summed E-state index contributed by atoms with van der Waals surface area (Å²) >= 11 is 0. The van der Waals surface area contributed by atoms with E-state index in [0.29, 0.717) is 5.92 Å². The van der Waals surface area contributed by atoms with Gasteiger partial charge in [-0.25, -0.2) is 9.97 Å². The lowest BCUT2D eigenvalue weighted by molar-refractivity contribution is -0.137. The molecule has 0 radical (unpaired) electrons. The third kappa shape index (κ3) is 6.74. The molecule has 2 N–H and O–H groups in total. The molecular formula is C14H23N3O2. The molecule has 5 nitrogen and oxygen atoms in total. The van der Waals surface area contributed by atoms with Gasteiger partial charge < -0.3 is 10.4 Å². The second-order valence-electron chi connectivity index (χ2n) is 4.79. The van der Waals surface area contributed by atoms with Crippen molar-refractivity contribution in [2.45, 2.75) is 46.0 Å². The lowest BCUT2D eigenvalue weighted by atomic mass is 9.94. The second kappa shape index (κ2) is 8.45. The maximum atomic E-state index is 10.6. The van der Waals surface area contributed by atoms with Gasteiger partial charge in [0, 0.05) is 19.2 Å². The summed E-state index contributed by atoms with van der Waals surface area (Å²) < 4.78 is 0. The van der Waals surface area contributed by atoms with Gasteiger partial charge in [-0.1, -0.05) is 19.8 Å². The highest BCUT2D eigenvalue weighted by Crippen LogP contribution is 2.17. The molecular weight excluding hydrogens is 242 g/mol. The standard InChI is InChI=1S/C14H23N3O2/c1-3-4-12(5-6-14(18)19)7-9-16-13-8-10-15-11(2)17-13/h8,10,12H,3-7,9H2,1-2H3,(H,18,19)(H,15,16,17). The second-order valence-corrected chi connectivity index (χ2v) is 4.79. The van der Waals surface area contributed by atoms with E-state index in [4.69, 9.17) is 5.11 Å². The fourth-order valence-electron chi connectivity index (χ4n) is 2.13. The van der Waals surface area contributed by atoms with Crippen LogP contribution in [0.5, 0.6) is 0 Å². The van der Waals surface area contributed by atoms with Crippen LogP contribution in [0.2, 0.25) is 0 Å². The van der Waals surface area contributed by atoms with Crippen LogP contribution in [0.3, 0.4) is 0 Å². The van der Waals surface area contributed by atoms with Gasteiger partial charge >= 0.3 is 5.97 Å². The predicted molar refractivity (Wildman–Crippen MR) is 75.1 cm³/mol. The molecule has 19 heavy (non-hydrogen) atoms. The van der Waals surface area contributed by atoms with Crippen molar-refractivity contribution in [1.82, 2.24) is 9.97 Å². The molecule has 106 valence electrons. The molecule has 0 fully saturated rings. The Morgan fingerprint density at radius 2 is 2.21 bits per heavy atom. The first-order valence-corrected chi connectivity index (χ1v) is 6.87. The number of aliphatic carboxylic acids is 1. The first kappa shape index (κ1) is 15.4. The normalized spacial score (nSPS) is 12.1. The summed E-state index contributed by atoms with van der Waals surface area (Å²) in [6.45, 7) is 4.81. The molecule has 1 unspecified atom stereocenters. The van der Waals surface area contributed by atoms with E-state index in [9.17, 15) is 4.79 Å². The Kier molecular flexibility index (Phi) is 6.85. The Morgan fingerprint density at radius 3 is 2.84 bits per heavy atom. The first-order chi connectivity index (χ1) is 9.11. The minimum absolute atomic E-state index is 0.261. The van der Waals surface area contributed by atoms with Crippen LogP contribution >= 0.6 is 0 Å². The Morgan fingerprint density at radius 1 is 1.42 bits per heavy atom. The molecule has 0 amide bonds. The van der Waals surface area contributed by atoms with E-state index in [-0.39, 0.29) is 6.42 Å². The van der Waals surface area contributed by atoms with Crippen LogP contribution in [-0.4, -0.2) is 27.6 Å². The summed E-state index contributed by atoms with van der Waals surface area (Å²) in [6.07, 6.45) is 5.91. The van der Waals surface area contributed by atoms with Gasteiger partial charge in [0.1, 0.15) is 11.6 Å². The van der Waals surface area contributed by atoms with Crippen molar-refractivity contribution in [3.8, 4) is 0 Å². The van der Waals surface area contributed by atoms with E-state index in [1.807, 2.05) is 13.0 Å². The summed E-state index contributed by atoms with van der Waals surface area (Å²) in [5, 5.41) is 12.0. The van der Waals surface area contributed by atoms with E-state index < -0.39 is 5.97 Å². The molecule has 0 spiro atoms. The van der Waals surface area contributed by atoms with Crippen molar-refractivity contribution in [3.05, 3.63) is 18.1 Å². The molecule has 1 rings (SSSR count). The molecule has 0 aliphatic heterocycles. The van der Waals surface area contributed by atoms with Crippen LogP contribution in [-0.2, 0) is 4.79 Å². The highest BCUT2D eigenvalue weighted by molar-refractivity contribution is 5.66. The smallest absolute Gasteiger partial charge is 0.303 e. The van der Waals surface area contributed by atoms with Gasteiger partial charge in [-0.2, -0.15) is 0 Å². The zero-order chi connectivity index (χ0) is 14.1. The van der Waals surface area contributed by atoms with E-state index in [0.717, 1.165) is 43.9 Å². The average Bonchev–Trinajstić information content (AvgIpc) is 2.36. The number of rotatable bonds is 9. The molecule has 1 aromatic heterocycles. The SMILES string of the molecule is CCCC(CCNc1ccnc(C)n1)CCC(=O)O. The van der Waals surface area contributed by atoms with Gasteiger partial charge in [-0.05, 0) is 31.7 Å². The number of nitrogens with one attached hydrogen (secondary N) is 1. The van der Waals surface area contributed by atoms with Crippen molar-refractivity contribution in [2.75, 3.05) is 11.9 Å². The summed E-state index contributed by atoms with van der Waals surface area (Å²) in [7, 11) is 0. The Labute approximate surface area is 114 Å². The van der Waals surface area contributed by atoms with Crippen molar-refractivity contribution in [3.63, 3.8) is 0 Å². The van der Waals surface area contributed by atoms with Crippen molar-refractivity contribution < 1.29 is 9.90 Å². The fourth-order valence-corrected chi connectivity index (χ4v) is 2.13. The third-order valence-electron chi connectivity index (χ3n) is 3.10. The van der Waals surface area contributed by atoms with E-state index in [1.54, 1.807) is 6.20 Å². The Hall–Kier alpha value is -1.65. The van der Waals surface area contributed by atoms with Gasteiger partial charge in [0.25, 0.3) is 0 Å². The molecule has 1 atom stereocenters. The van der Waals surface area contributed by atoms with Crippen LogP contribution in [0.4, 0.5) is 5.82 Å². The molecule has 5 heteroatoms. The number of hydrogen-bond acceptors (Lipinski definition) is 4. The van der Waals surface area contributed by atoms with Crippen LogP contribution < -0.4 is 5.32 Å². The molecule has 0 saturated carbocycles. The van der Waals surface area contributed by atoms with Crippen LogP contribution in [0.1, 0.15) is 44.9 Å². The molecule has 1 aromatic rings. The molecule has 0 bridgehead atoms. The molecule has 0 aliphatic rings. The zero-order valence-corrected chi connectivity index (χ0v) is 11.7. The number of carbonyl (C=O) groups is 1. The number of nitrogens with zero attached hydrogens (tertiary/aromatic N) is 2. The summed E-state index contributed by atoms with van der Waals surface area (Å²) in [5.41, 5.74) is 0. The van der Waals surface area contributed by atoms with Crippen LogP contribution in [0.15, 0.2) is 12.3 Å². The molecule has 0 aliphatic carbocycles. The van der Waals surface area contributed by atoms with Crippen molar-refractivity contribution in [2.24, 2.45) is 5.92 Å². The summed E-state index contributed by atoms with van der Waals surface area (Å²) in [5.74, 6) is 1.35. The maximum absolute atomic E-state index is 10.6. The van der Waals surface area contributed by atoms with Crippen molar-refractivity contribution in [1.29, 1.82) is 0 Å². The van der Waals surface area contributed by atoms with Gasteiger partial charge in [0.15, 0.2) is 0 Å². The number of carboxylic acid groups (broad SMARTS) is 1. The monoisotopic (exact) mass is 265 g/mol. The maximum Gasteiger partial charge on any atom is 0.303 e. The number of carboxylic acids is 1. The Balaban J connectivity index is 2.32. The van der Waals surface area contributed by atoms with Gasteiger partial charge in [0.2, 0.25) is 0 Å². The summed E-state index contributed by atoms with van der Waals surface area (Å²) in [6, 6.07) is 1.85. The third-order valence-corrected chi connectivity index (χ3v) is 3.10. The van der Waals surface area contributed by atoms with Crippen LogP contribution in [0.25, 0.3) is 0 Å². The Bertz CT molecular complexity index is 396. The number of hydrogen-bond donors (Lipinski definition) is 2. The van der Waals surface area contributed by atoms with Crippen molar-refractivity contribution >= 4 is 11.8 Å². The predicted octanol–water partition coefficient (Wildman–Crippen LogP) is 2.87. The zero-order valence-electron chi connectivity index (χ0n) is 11.7. The number of anilines is 1. The van der Waals surface area contributed by atoms with E-state index in [2.05, 4.69) is 22.2 Å². The van der Waals surface area contributed by atoms with E-state index in [1.165, 1.54) is 0 Å². The lowest BCUT2D eigenvalue weighted by Crippen LogP contribution is -2.12. The molecule has 1 heterocycles. The van der Waals surface area contributed by atoms with Crippen LogP contribution in [0, 0.1) is 12.8 Å². The van der Waals surface area contributed by atoms with Gasteiger partial charge in [0.05, 0.1) is 0 Å². The minimum atomic E-state index is -0.708. The minimum Gasteiger partial charge on any atom is -0.481 e. The topological polar surface area (TPSA) is 75.1 Å². The average molecular weight is 265 g/mol. The first-order valence-electron chi connectivity index (χ1n) is 6.87. The van der Waals surface area contributed by atoms with Gasteiger partial charge in [-0.3, -0.25) is 4.79 Å². The number of aryl methyl sites for hydroxylation is 1. The largest absolute Gasteiger partial charge is 0.481 e. The highest BCUT2D eigenvalue weighted by Gasteiger charge is 2.10. The molecule has 0 saturated heterocycles. The fraction of sp³-hybridized carbons (Fsp3) is 0.643. The lowest BCUT2D eigenvalue weighted by Gasteiger charge is -2.15. The highest BCUT2D eigenvalue weighted by atomic mass is 16.4. The van der Waals surface area contributed by atoms with E-state index >= 15 is 0 Å². The molecule has 0 aromatic carbocycles. The quantitative estimate of drug-likeness (QED) is 0.718.